The molecule has 0 saturated carbocycles. The van der Waals surface area contributed by atoms with Crippen LogP contribution in [0.5, 0.6) is 5.75 Å². The second kappa shape index (κ2) is 11.0. The lowest BCUT2D eigenvalue weighted by molar-refractivity contribution is -0.113. The van der Waals surface area contributed by atoms with Gasteiger partial charge in [0.1, 0.15) is 11.6 Å². The van der Waals surface area contributed by atoms with Crippen molar-refractivity contribution in [3.8, 4) is 5.75 Å². The predicted octanol–water partition coefficient (Wildman–Crippen LogP) is 4.08. The van der Waals surface area contributed by atoms with Crippen LogP contribution in [0.1, 0.15) is 28.2 Å². The highest BCUT2D eigenvalue weighted by atomic mass is 35.5. The van der Waals surface area contributed by atoms with Crippen molar-refractivity contribution in [1.29, 1.82) is 0 Å². The van der Waals surface area contributed by atoms with Gasteiger partial charge in [0.25, 0.3) is 0 Å². The summed E-state index contributed by atoms with van der Waals surface area (Å²) in [6.07, 6.45) is 2.60. The van der Waals surface area contributed by atoms with Crippen LogP contribution in [0, 0.1) is 0 Å². The first-order valence-corrected chi connectivity index (χ1v) is 11.2. The fraction of sp³-hybridized carbons (Fsp3) is 0.273. The Kier molecular flexibility index (Phi) is 8.13. The number of carbonyl (C=O) groups excluding carboxylic acids is 1. The Hall–Kier alpha value is -3.04. The number of carboxylic acid groups (broad SMARTS) is 1. The quantitative estimate of drug-likeness (QED) is 0.426. The molecule has 0 bridgehead atoms. The van der Waals surface area contributed by atoms with Crippen LogP contribution in [-0.2, 0) is 24.7 Å². The molecule has 0 fully saturated rings. The first kappa shape index (κ1) is 23.6. The molecule has 10 heteroatoms. The number of nitrogens with zero attached hydrogens (tertiary/aromatic N) is 3. The SMILES string of the molecule is COc1ccc(CCCc2nnc(SCC(=O)Nc3cc(C(=O)O)ccc3Cl)n2C)cc1. The summed E-state index contributed by atoms with van der Waals surface area (Å²) in [7, 11) is 3.52. The molecular weight excluding hydrogens is 452 g/mol. The van der Waals surface area contributed by atoms with E-state index in [1.54, 1.807) is 7.11 Å². The molecule has 3 aromatic rings. The third kappa shape index (κ3) is 6.24. The van der Waals surface area contributed by atoms with Crippen molar-refractivity contribution < 1.29 is 19.4 Å². The molecule has 32 heavy (non-hydrogen) atoms. The van der Waals surface area contributed by atoms with Gasteiger partial charge in [-0.05, 0) is 48.7 Å². The molecule has 0 radical (unpaired) electrons. The second-order valence-electron chi connectivity index (χ2n) is 7.00. The summed E-state index contributed by atoms with van der Waals surface area (Å²) in [5.74, 6) is 0.364. The molecule has 0 spiro atoms. The summed E-state index contributed by atoms with van der Waals surface area (Å²) in [6.45, 7) is 0. The number of aryl methyl sites for hydroxylation is 2. The molecule has 0 unspecified atom stereocenters. The van der Waals surface area contributed by atoms with Gasteiger partial charge in [-0.25, -0.2) is 4.79 Å². The molecule has 1 aromatic heterocycles. The van der Waals surface area contributed by atoms with E-state index in [1.807, 2.05) is 35.9 Å². The molecule has 8 nitrogen and oxygen atoms in total. The number of rotatable bonds is 10. The Morgan fingerprint density at radius 2 is 1.91 bits per heavy atom. The molecule has 0 atom stereocenters. The van der Waals surface area contributed by atoms with Crippen molar-refractivity contribution in [1.82, 2.24) is 14.8 Å². The van der Waals surface area contributed by atoms with Crippen LogP contribution in [0.4, 0.5) is 5.69 Å². The van der Waals surface area contributed by atoms with Gasteiger partial charge in [-0.3, -0.25) is 4.79 Å². The lowest BCUT2D eigenvalue weighted by Gasteiger charge is -2.08. The van der Waals surface area contributed by atoms with Crippen molar-refractivity contribution >= 4 is 40.9 Å². The Morgan fingerprint density at radius 3 is 2.59 bits per heavy atom. The number of ether oxygens (including phenoxy) is 1. The zero-order valence-corrected chi connectivity index (χ0v) is 19.2. The summed E-state index contributed by atoms with van der Waals surface area (Å²) in [5, 5.41) is 21.0. The van der Waals surface area contributed by atoms with Crippen molar-refractivity contribution in [2.24, 2.45) is 7.05 Å². The van der Waals surface area contributed by atoms with Gasteiger partial charge in [0, 0.05) is 13.5 Å². The standard InChI is InChI=1S/C22H23ClN4O4S/c1-27-19(5-3-4-14-6-9-16(31-2)10-7-14)25-26-22(27)32-13-20(28)24-18-12-15(21(29)30)8-11-17(18)23/h6-12H,3-5,13H2,1-2H3,(H,24,28)(H,29,30). The van der Waals surface area contributed by atoms with Crippen molar-refractivity contribution in [2.75, 3.05) is 18.2 Å². The predicted molar refractivity (Wildman–Crippen MR) is 124 cm³/mol. The van der Waals surface area contributed by atoms with Crippen LogP contribution in [0.25, 0.3) is 0 Å². The third-order valence-electron chi connectivity index (χ3n) is 4.77. The molecule has 0 aliphatic heterocycles. The number of anilines is 1. The Bertz CT molecular complexity index is 1100. The van der Waals surface area contributed by atoms with Crippen LogP contribution in [0.15, 0.2) is 47.6 Å². The van der Waals surface area contributed by atoms with Gasteiger partial charge in [-0.2, -0.15) is 0 Å². The van der Waals surface area contributed by atoms with E-state index >= 15 is 0 Å². The van der Waals surface area contributed by atoms with Crippen LogP contribution in [0.3, 0.4) is 0 Å². The lowest BCUT2D eigenvalue weighted by Crippen LogP contribution is -2.15. The molecule has 1 amide bonds. The smallest absolute Gasteiger partial charge is 0.335 e. The Labute approximate surface area is 194 Å². The number of methoxy groups -OCH3 is 1. The number of nitrogens with one attached hydrogen (secondary N) is 1. The molecule has 168 valence electrons. The maximum Gasteiger partial charge on any atom is 0.335 e. The second-order valence-corrected chi connectivity index (χ2v) is 8.35. The normalized spacial score (nSPS) is 10.7. The average molecular weight is 475 g/mol. The molecular formula is C22H23ClN4O4S. The zero-order chi connectivity index (χ0) is 23.1. The van der Waals surface area contributed by atoms with Gasteiger partial charge >= 0.3 is 5.97 Å². The maximum atomic E-state index is 12.3. The number of amides is 1. The largest absolute Gasteiger partial charge is 0.497 e. The van der Waals surface area contributed by atoms with E-state index in [0.29, 0.717) is 5.16 Å². The Morgan fingerprint density at radius 1 is 1.16 bits per heavy atom. The highest BCUT2D eigenvalue weighted by Crippen LogP contribution is 2.24. The van der Waals surface area contributed by atoms with E-state index in [4.69, 9.17) is 21.4 Å². The van der Waals surface area contributed by atoms with Crippen LogP contribution < -0.4 is 10.1 Å². The first-order chi connectivity index (χ1) is 15.4. The summed E-state index contributed by atoms with van der Waals surface area (Å²) >= 11 is 7.30. The third-order valence-corrected chi connectivity index (χ3v) is 6.12. The van der Waals surface area contributed by atoms with Gasteiger partial charge in [-0.15, -0.1) is 10.2 Å². The average Bonchev–Trinajstić information content (AvgIpc) is 3.13. The number of aromatic carboxylic acids is 1. The number of halogens is 1. The lowest BCUT2D eigenvalue weighted by atomic mass is 10.1. The highest BCUT2D eigenvalue weighted by Gasteiger charge is 2.14. The minimum atomic E-state index is -1.09. The van der Waals surface area contributed by atoms with Gasteiger partial charge < -0.3 is 19.7 Å². The number of thioether (sulfide) groups is 1. The summed E-state index contributed by atoms with van der Waals surface area (Å²) in [4.78, 5) is 23.4. The van der Waals surface area contributed by atoms with E-state index in [0.717, 1.165) is 30.8 Å². The monoisotopic (exact) mass is 474 g/mol. The molecule has 1 heterocycles. The highest BCUT2D eigenvalue weighted by molar-refractivity contribution is 7.99. The van der Waals surface area contributed by atoms with Gasteiger partial charge in [0.05, 0.1) is 29.1 Å². The fourth-order valence-corrected chi connectivity index (χ4v) is 3.90. The number of carbonyl (C=O) groups is 2. The maximum absolute atomic E-state index is 12.3. The van der Waals surface area contributed by atoms with E-state index in [-0.39, 0.29) is 27.9 Å². The number of carboxylic acids is 1. The van der Waals surface area contributed by atoms with Gasteiger partial charge in [0.2, 0.25) is 5.91 Å². The molecule has 2 aromatic carbocycles. The minimum absolute atomic E-state index is 0.0462. The van der Waals surface area contributed by atoms with Crippen LogP contribution in [-0.4, -0.2) is 44.6 Å². The Balaban J connectivity index is 1.50. The number of aromatic nitrogens is 3. The van der Waals surface area contributed by atoms with Crippen molar-refractivity contribution in [3.05, 3.63) is 64.4 Å². The fourth-order valence-electron chi connectivity index (χ4n) is 3.00. The molecule has 0 saturated heterocycles. The molecule has 3 rings (SSSR count). The van der Waals surface area contributed by atoms with E-state index < -0.39 is 5.97 Å². The van der Waals surface area contributed by atoms with E-state index in [1.165, 1.54) is 35.5 Å². The van der Waals surface area contributed by atoms with Gasteiger partial charge in [-0.1, -0.05) is 35.5 Å². The minimum Gasteiger partial charge on any atom is -0.497 e. The van der Waals surface area contributed by atoms with Crippen LogP contribution >= 0.6 is 23.4 Å². The summed E-state index contributed by atoms with van der Waals surface area (Å²) in [6, 6.07) is 12.1. The topological polar surface area (TPSA) is 106 Å². The first-order valence-electron chi connectivity index (χ1n) is 9.84. The molecule has 0 aliphatic carbocycles. The van der Waals surface area contributed by atoms with E-state index in [2.05, 4.69) is 15.5 Å². The van der Waals surface area contributed by atoms with Crippen LogP contribution in [0.2, 0.25) is 5.02 Å². The number of hydrogen-bond donors (Lipinski definition) is 2. The van der Waals surface area contributed by atoms with Gasteiger partial charge in [0.15, 0.2) is 5.16 Å². The van der Waals surface area contributed by atoms with E-state index in [9.17, 15) is 9.59 Å². The number of benzene rings is 2. The zero-order valence-electron chi connectivity index (χ0n) is 17.7. The summed E-state index contributed by atoms with van der Waals surface area (Å²) in [5.41, 5.74) is 1.53. The van der Waals surface area contributed by atoms with Crippen molar-refractivity contribution in [3.63, 3.8) is 0 Å². The molecule has 2 N–H and O–H groups in total. The van der Waals surface area contributed by atoms with Crippen molar-refractivity contribution in [2.45, 2.75) is 24.4 Å². The summed E-state index contributed by atoms with van der Waals surface area (Å²) < 4.78 is 7.05. The number of hydrogen-bond acceptors (Lipinski definition) is 6. The molecule has 0 aliphatic rings.